The van der Waals surface area contributed by atoms with Gasteiger partial charge in [0.05, 0.1) is 21.9 Å². The van der Waals surface area contributed by atoms with Crippen molar-refractivity contribution in [2.45, 2.75) is 6.92 Å². The summed E-state index contributed by atoms with van der Waals surface area (Å²) in [5.41, 5.74) is 3.32. The first-order chi connectivity index (χ1) is 13.0. The van der Waals surface area contributed by atoms with Crippen LogP contribution < -0.4 is 15.1 Å². The Bertz CT molecular complexity index is 941. The van der Waals surface area contributed by atoms with E-state index in [2.05, 4.69) is 10.5 Å². The maximum absolute atomic E-state index is 12.2. The molecule has 9 nitrogen and oxygen atoms in total. The van der Waals surface area contributed by atoms with Crippen molar-refractivity contribution in [1.29, 1.82) is 0 Å². The number of hydrogen-bond donors (Lipinski definition) is 1. The number of hydrazone groups is 1. The number of carbonyl (C=O) groups is 2. The average molecular weight is 368 g/mol. The number of nitrogens with one attached hydrogen (secondary N) is 1. The van der Waals surface area contributed by atoms with Crippen molar-refractivity contribution in [3.63, 3.8) is 0 Å². The van der Waals surface area contributed by atoms with Gasteiger partial charge in [-0.05, 0) is 25.1 Å². The van der Waals surface area contributed by atoms with Gasteiger partial charge in [0.15, 0.2) is 6.61 Å². The minimum absolute atomic E-state index is 0.106. The van der Waals surface area contributed by atoms with Crippen molar-refractivity contribution in [3.05, 3.63) is 64.2 Å². The van der Waals surface area contributed by atoms with Gasteiger partial charge in [0.25, 0.3) is 17.5 Å². The third-order valence-corrected chi connectivity index (χ3v) is 3.95. The molecule has 3 rings (SSSR count). The quantitative estimate of drug-likeness (QED) is 0.491. The van der Waals surface area contributed by atoms with E-state index >= 15 is 0 Å². The molecule has 0 unspecified atom stereocenters. The minimum atomic E-state index is -0.530. The average Bonchev–Trinajstić information content (AvgIpc) is 2.68. The Kier molecular flexibility index (Phi) is 5.11. The van der Waals surface area contributed by atoms with Crippen LogP contribution in [0, 0.1) is 10.1 Å². The number of nitro benzene ring substituents is 1. The highest BCUT2D eigenvalue weighted by Gasteiger charge is 2.27. The number of fused-ring (bicyclic) bond motifs is 1. The van der Waals surface area contributed by atoms with Crippen LogP contribution in [0.15, 0.2) is 53.6 Å². The van der Waals surface area contributed by atoms with E-state index in [1.165, 1.54) is 11.0 Å². The Hall–Kier alpha value is -3.75. The van der Waals surface area contributed by atoms with Crippen LogP contribution in [0.4, 0.5) is 11.4 Å². The first-order valence-electron chi connectivity index (χ1n) is 8.06. The summed E-state index contributed by atoms with van der Waals surface area (Å²) in [6, 6.07) is 13.0. The molecule has 9 heteroatoms. The molecule has 1 aliphatic rings. The van der Waals surface area contributed by atoms with E-state index in [1.54, 1.807) is 49.4 Å². The van der Waals surface area contributed by atoms with Crippen LogP contribution in [0.1, 0.15) is 12.5 Å². The van der Waals surface area contributed by atoms with Crippen LogP contribution in [0.25, 0.3) is 0 Å². The van der Waals surface area contributed by atoms with Crippen molar-refractivity contribution < 1.29 is 19.2 Å². The van der Waals surface area contributed by atoms with E-state index in [0.29, 0.717) is 17.0 Å². The highest BCUT2D eigenvalue weighted by atomic mass is 16.6. The third kappa shape index (κ3) is 3.92. The molecule has 0 aromatic heterocycles. The number of carbonyl (C=O) groups excluding carboxylic acids is 2. The van der Waals surface area contributed by atoms with Gasteiger partial charge >= 0.3 is 0 Å². The number of amides is 2. The first kappa shape index (κ1) is 18.1. The zero-order chi connectivity index (χ0) is 19.4. The fraction of sp³-hybridized carbons (Fsp3) is 0.167. The molecular weight excluding hydrogens is 352 g/mol. The molecule has 2 aromatic rings. The molecule has 138 valence electrons. The Morgan fingerprint density at radius 2 is 1.96 bits per heavy atom. The van der Waals surface area contributed by atoms with Gasteiger partial charge in [-0.1, -0.05) is 24.3 Å². The van der Waals surface area contributed by atoms with Gasteiger partial charge in [0, 0.05) is 6.07 Å². The van der Waals surface area contributed by atoms with Gasteiger partial charge in [-0.15, -0.1) is 0 Å². The fourth-order valence-electron chi connectivity index (χ4n) is 2.65. The predicted molar refractivity (Wildman–Crippen MR) is 97.7 cm³/mol. The molecular formula is C18H16N4O5. The lowest BCUT2D eigenvalue weighted by Crippen LogP contribution is -2.44. The summed E-state index contributed by atoms with van der Waals surface area (Å²) in [7, 11) is 0. The maximum Gasteiger partial charge on any atom is 0.278 e. The van der Waals surface area contributed by atoms with Crippen molar-refractivity contribution in [1.82, 2.24) is 5.43 Å². The van der Waals surface area contributed by atoms with Gasteiger partial charge in [-0.25, -0.2) is 5.43 Å². The lowest BCUT2D eigenvalue weighted by molar-refractivity contribution is -0.385. The van der Waals surface area contributed by atoms with Gasteiger partial charge in [-0.2, -0.15) is 5.10 Å². The summed E-state index contributed by atoms with van der Waals surface area (Å²) in [5, 5.41) is 15.0. The van der Waals surface area contributed by atoms with E-state index in [4.69, 9.17) is 4.74 Å². The predicted octanol–water partition coefficient (Wildman–Crippen LogP) is 1.86. The number of benzene rings is 2. The van der Waals surface area contributed by atoms with Crippen LogP contribution in [-0.4, -0.2) is 35.6 Å². The second kappa shape index (κ2) is 7.65. The van der Waals surface area contributed by atoms with Crippen LogP contribution in [-0.2, 0) is 9.59 Å². The number of ether oxygens (including phenoxy) is 1. The molecule has 0 spiro atoms. The number of hydrogen-bond acceptors (Lipinski definition) is 6. The number of nitro groups is 1. The summed E-state index contributed by atoms with van der Waals surface area (Å²) in [6.07, 6.45) is 0. The van der Waals surface area contributed by atoms with E-state index in [-0.39, 0.29) is 30.5 Å². The normalized spacial score (nSPS) is 13.6. The molecule has 1 aliphatic heterocycles. The zero-order valence-corrected chi connectivity index (χ0v) is 14.4. The topological polar surface area (TPSA) is 114 Å². The largest absolute Gasteiger partial charge is 0.482 e. The number of nitrogens with zero attached hydrogens (tertiary/aromatic N) is 3. The van der Waals surface area contributed by atoms with Crippen molar-refractivity contribution >= 4 is 28.9 Å². The Labute approximate surface area is 154 Å². The summed E-state index contributed by atoms with van der Waals surface area (Å²) >= 11 is 0. The van der Waals surface area contributed by atoms with E-state index in [1.807, 2.05) is 0 Å². The molecule has 1 N–H and O–H groups in total. The molecule has 0 radical (unpaired) electrons. The van der Waals surface area contributed by atoms with Gasteiger partial charge in [0.2, 0.25) is 0 Å². The minimum Gasteiger partial charge on any atom is -0.482 e. The lowest BCUT2D eigenvalue weighted by Gasteiger charge is -2.28. The number of anilines is 1. The molecule has 2 amide bonds. The number of para-hydroxylation sites is 3. The smallest absolute Gasteiger partial charge is 0.278 e. The molecule has 0 fully saturated rings. The van der Waals surface area contributed by atoms with Gasteiger partial charge < -0.3 is 4.74 Å². The summed E-state index contributed by atoms with van der Waals surface area (Å²) in [5.74, 6) is -0.356. The standard InChI is InChI=1S/C18H16N4O5/c1-12(13-6-2-3-7-14(13)22(25)26)19-20-17(23)10-21-15-8-4-5-9-16(15)27-11-18(21)24/h2-9H,10-11H2,1H3,(H,20,23)/b19-12-. The lowest BCUT2D eigenvalue weighted by atomic mass is 10.1. The van der Waals surface area contributed by atoms with Crippen LogP contribution in [0.3, 0.4) is 0 Å². The van der Waals surface area contributed by atoms with Crippen molar-refractivity contribution in [2.75, 3.05) is 18.1 Å². The van der Waals surface area contributed by atoms with E-state index in [0.717, 1.165) is 0 Å². The van der Waals surface area contributed by atoms with Crippen molar-refractivity contribution in [3.8, 4) is 5.75 Å². The molecule has 0 aliphatic carbocycles. The summed E-state index contributed by atoms with van der Waals surface area (Å²) < 4.78 is 5.32. The highest BCUT2D eigenvalue weighted by molar-refractivity contribution is 6.04. The van der Waals surface area contributed by atoms with Crippen LogP contribution in [0.5, 0.6) is 5.75 Å². The molecule has 0 saturated heterocycles. The Balaban J connectivity index is 1.73. The second-order valence-corrected chi connectivity index (χ2v) is 5.74. The molecule has 0 bridgehead atoms. The zero-order valence-electron chi connectivity index (χ0n) is 14.4. The molecule has 0 saturated carbocycles. The molecule has 0 atom stereocenters. The summed E-state index contributed by atoms with van der Waals surface area (Å²) in [6.45, 7) is 1.16. The van der Waals surface area contributed by atoms with Gasteiger partial charge in [-0.3, -0.25) is 24.6 Å². The highest BCUT2D eigenvalue weighted by Crippen LogP contribution is 2.31. The molecule has 1 heterocycles. The van der Waals surface area contributed by atoms with Gasteiger partial charge in [0.1, 0.15) is 12.3 Å². The SMILES string of the molecule is C/C(=N/NC(=O)CN1C(=O)COc2ccccc21)c1ccccc1[N+](=O)[O-]. The first-order valence-corrected chi connectivity index (χ1v) is 8.06. The van der Waals surface area contributed by atoms with E-state index < -0.39 is 10.8 Å². The molecule has 27 heavy (non-hydrogen) atoms. The second-order valence-electron chi connectivity index (χ2n) is 5.74. The monoisotopic (exact) mass is 368 g/mol. The van der Waals surface area contributed by atoms with E-state index in [9.17, 15) is 19.7 Å². The van der Waals surface area contributed by atoms with Crippen LogP contribution >= 0.6 is 0 Å². The number of rotatable bonds is 5. The Morgan fingerprint density at radius 1 is 1.26 bits per heavy atom. The maximum atomic E-state index is 12.2. The van der Waals surface area contributed by atoms with Crippen molar-refractivity contribution in [2.24, 2.45) is 5.10 Å². The fourth-order valence-corrected chi connectivity index (χ4v) is 2.65. The van der Waals surface area contributed by atoms with Crippen LogP contribution in [0.2, 0.25) is 0 Å². The molecule has 2 aromatic carbocycles. The summed E-state index contributed by atoms with van der Waals surface area (Å²) in [4.78, 5) is 36.2. The third-order valence-electron chi connectivity index (χ3n) is 3.95. The Morgan fingerprint density at radius 3 is 2.74 bits per heavy atom.